The fraction of sp³-hybridized carbons (Fsp3) is 0.167. The molecule has 7 heteroatoms. The van der Waals surface area contributed by atoms with Crippen molar-refractivity contribution in [1.82, 2.24) is 15.0 Å². The fourth-order valence-corrected chi connectivity index (χ4v) is 3.63. The maximum absolute atomic E-state index is 13.4. The molecule has 25 heavy (non-hydrogen) atoms. The largest absolute Gasteiger partial charge is 0.361 e. The van der Waals surface area contributed by atoms with Gasteiger partial charge in [0.25, 0.3) is 0 Å². The van der Waals surface area contributed by atoms with Crippen LogP contribution in [0.15, 0.2) is 41.9 Å². The number of fused-ring (bicyclic) bond motifs is 2. The first kappa shape index (κ1) is 15.7. The van der Waals surface area contributed by atoms with Crippen LogP contribution >= 0.6 is 11.3 Å². The Morgan fingerprint density at radius 3 is 2.96 bits per heavy atom. The number of hydrogen-bond acceptors (Lipinski definition) is 5. The van der Waals surface area contributed by atoms with Crippen LogP contribution < -0.4 is 5.43 Å². The van der Waals surface area contributed by atoms with Gasteiger partial charge < -0.3 is 4.98 Å². The average Bonchev–Trinajstić information content (AvgIpc) is 3.19. The lowest BCUT2D eigenvalue weighted by atomic mass is 10.2. The lowest BCUT2D eigenvalue weighted by Gasteiger charge is -2.00. The molecule has 0 aliphatic heterocycles. The van der Waals surface area contributed by atoms with Crippen LogP contribution in [-0.4, -0.2) is 21.2 Å². The second-order valence-corrected chi connectivity index (χ2v) is 7.11. The van der Waals surface area contributed by atoms with Crippen LogP contribution in [0.4, 0.5) is 10.2 Å². The molecule has 126 valence electrons. The maximum Gasteiger partial charge on any atom is 0.158 e. The summed E-state index contributed by atoms with van der Waals surface area (Å²) in [5.74, 6) is 0.832. The fourth-order valence-electron chi connectivity index (χ4n) is 2.63. The lowest BCUT2D eigenvalue weighted by Crippen LogP contribution is -1.94. The Hall–Kier alpha value is -2.80. The van der Waals surface area contributed by atoms with Gasteiger partial charge in [-0.25, -0.2) is 14.4 Å². The normalized spacial score (nSPS) is 12.0. The topological polar surface area (TPSA) is 66.0 Å². The van der Waals surface area contributed by atoms with Crippen molar-refractivity contribution < 1.29 is 4.39 Å². The highest BCUT2D eigenvalue weighted by atomic mass is 32.1. The minimum Gasteiger partial charge on any atom is -0.361 e. The third-order valence-corrected chi connectivity index (χ3v) is 5.31. The van der Waals surface area contributed by atoms with Crippen molar-refractivity contribution in [2.45, 2.75) is 19.8 Å². The minimum atomic E-state index is -0.272. The molecule has 0 amide bonds. The Labute approximate surface area is 147 Å². The summed E-state index contributed by atoms with van der Waals surface area (Å²) in [5, 5.41) is 6.01. The number of aromatic amines is 1. The molecule has 4 rings (SSSR count). The van der Waals surface area contributed by atoms with E-state index in [-0.39, 0.29) is 5.82 Å². The second-order valence-electron chi connectivity index (χ2n) is 6.05. The van der Waals surface area contributed by atoms with Crippen molar-refractivity contribution in [3.63, 3.8) is 0 Å². The molecule has 3 heterocycles. The standard InChI is InChI=1S/C18H16FN5S/c1-10(2)16-6-14-17(21-9-22-18(14)25-16)24-23-8-11-7-20-15-4-3-12(19)5-13(11)15/h3-10,20H,1-2H3,(H,21,22,24)/b23-8+. The maximum atomic E-state index is 13.4. The van der Waals surface area contributed by atoms with Gasteiger partial charge in [-0.1, -0.05) is 13.8 Å². The van der Waals surface area contributed by atoms with Crippen LogP contribution in [-0.2, 0) is 0 Å². The molecule has 0 spiro atoms. The van der Waals surface area contributed by atoms with Crippen molar-refractivity contribution in [3.05, 3.63) is 53.0 Å². The number of halogens is 1. The molecule has 2 N–H and O–H groups in total. The van der Waals surface area contributed by atoms with Gasteiger partial charge in [0.05, 0.1) is 11.6 Å². The summed E-state index contributed by atoms with van der Waals surface area (Å²) in [7, 11) is 0. The smallest absolute Gasteiger partial charge is 0.158 e. The molecule has 0 bridgehead atoms. The monoisotopic (exact) mass is 353 g/mol. The molecule has 1 aromatic carbocycles. The highest BCUT2D eigenvalue weighted by Gasteiger charge is 2.10. The number of rotatable bonds is 4. The van der Waals surface area contributed by atoms with E-state index >= 15 is 0 Å². The molecule has 4 aromatic rings. The van der Waals surface area contributed by atoms with E-state index in [0.717, 1.165) is 26.7 Å². The van der Waals surface area contributed by atoms with Crippen molar-refractivity contribution >= 4 is 44.5 Å². The van der Waals surface area contributed by atoms with Gasteiger partial charge in [0, 0.05) is 27.5 Å². The molecule has 0 aliphatic carbocycles. The first-order valence-corrected chi connectivity index (χ1v) is 8.73. The molecule has 0 aliphatic rings. The van der Waals surface area contributed by atoms with Crippen LogP contribution in [0.5, 0.6) is 0 Å². The number of hydrogen-bond donors (Lipinski definition) is 2. The van der Waals surface area contributed by atoms with Gasteiger partial charge in [0.15, 0.2) is 5.82 Å². The summed E-state index contributed by atoms with van der Waals surface area (Å²) in [4.78, 5) is 13.9. The van der Waals surface area contributed by atoms with Gasteiger partial charge >= 0.3 is 0 Å². The Morgan fingerprint density at radius 1 is 1.24 bits per heavy atom. The predicted octanol–water partition coefficient (Wildman–Crippen LogP) is 4.88. The third-order valence-electron chi connectivity index (χ3n) is 3.97. The molecule has 3 aromatic heterocycles. The summed E-state index contributed by atoms with van der Waals surface area (Å²) in [6.07, 6.45) is 4.98. The van der Waals surface area contributed by atoms with E-state index in [1.54, 1.807) is 29.8 Å². The quantitative estimate of drug-likeness (QED) is 0.406. The van der Waals surface area contributed by atoms with Crippen molar-refractivity contribution in [3.8, 4) is 0 Å². The van der Waals surface area contributed by atoms with Gasteiger partial charge in [-0.2, -0.15) is 5.10 Å². The van der Waals surface area contributed by atoms with E-state index in [1.165, 1.54) is 23.3 Å². The highest BCUT2D eigenvalue weighted by molar-refractivity contribution is 7.18. The van der Waals surface area contributed by atoms with Crippen LogP contribution in [0.1, 0.15) is 30.2 Å². The molecular weight excluding hydrogens is 337 g/mol. The number of thiophene rings is 1. The van der Waals surface area contributed by atoms with E-state index in [2.05, 4.69) is 45.4 Å². The Kier molecular flexibility index (Phi) is 3.93. The van der Waals surface area contributed by atoms with Gasteiger partial charge in [-0.15, -0.1) is 11.3 Å². The average molecular weight is 353 g/mol. The van der Waals surface area contributed by atoms with Gasteiger partial charge in [-0.05, 0) is 30.2 Å². The summed E-state index contributed by atoms with van der Waals surface area (Å²) in [6, 6.07) is 6.73. The van der Waals surface area contributed by atoms with Crippen molar-refractivity contribution in [2.24, 2.45) is 5.10 Å². The predicted molar refractivity (Wildman–Crippen MR) is 101 cm³/mol. The van der Waals surface area contributed by atoms with E-state index in [4.69, 9.17) is 0 Å². The summed E-state index contributed by atoms with van der Waals surface area (Å²) < 4.78 is 13.4. The number of nitrogens with one attached hydrogen (secondary N) is 2. The third kappa shape index (κ3) is 2.98. The number of hydrazone groups is 1. The van der Waals surface area contributed by atoms with Gasteiger partial charge in [0.1, 0.15) is 17.0 Å². The first-order valence-electron chi connectivity index (χ1n) is 7.92. The van der Waals surface area contributed by atoms with Crippen LogP contribution in [0.25, 0.3) is 21.1 Å². The lowest BCUT2D eigenvalue weighted by molar-refractivity contribution is 0.629. The van der Waals surface area contributed by atoms with Crippen molar-refractivity contribution in [1.29, 1.82) is 0 Å². The van der Waals surface area contributed by atoms with Crippen LogP contribution in [0.2, 0.25) is 0 Å². The molecule has 0 unspecified atom stereocenters. The Bertz CT molecular complexity index is 1080. The van der Waals surface area contributed by atoms with E-state index in [9.17, 15) is 4.39 Å². The minimum absolute atomic E-state index is 0.272. The van der Waals surface area contributed by atoms with E-state index in [1.807, 2.05) is 0 Å². The first-order chi connectivity index (χ1) is 12.1. The zero-order chi connectivity index (χ0) is 17.4. The van der Waals surface area contributed by atoms with Gasteiger partial charge in [-0.3, -0.25) is 5.43 Å². The van der Waals surface area contributed by atoms with E-state index < -0.39 is 0 Å². The highest BCUT2D eigenvalue weighted by Crippen LogP contribution is 2.32. The summed E-state index contributed by atoms with van der Waals surface area (Å²) in [6.45, 7) is 4.30. The summed E-state index contributed by atoms with van der Waals surface area (Å²) >= 11 is 1.66. The number of aromatic nitrogens is 3. The summed E-state index contributed by atoms with van der Waals surface area (Å²) in [5.41, 5.74) is 4.65. The van der Waals surface area contributed by atoms with Crippen LogP contribution in [0, 0.1) is 5.82 Å². The zero-order valence-electron chi connectivity index (χ0n) is 13.7. The number of benzene rings is 1. The molecule has 5 nitrogen and oxygen atoms in total. The molecule has 0 atom stereocenters. The second kappa shape index (κ2) is 6.25. The number of anilines is 1. The Balaban J connectivity index is 1.63. The number of H-pyrrole nitrogens is 1. The molecule has 0 saturated heterocycles. The Morgan fingerprint density at radius 2 is 2.12 bits per heavy atom. The molecule has 0 saturated carbocycles. The number of nitrogens with zero attached hydrogens (tertiary/aromatic N) is 3. The van der Waals surface area contributed by atoms with E-state index in [0.29, 0.717) is 11.7 Å². The SMILES string of the molecule is CC(C)c1cc2c(N/N=C/c3c[nH]c4ccc(F)cc34)ncnc2s1. The van der Waals surface area contributed by atoms with Gasteiger partial charge in [0.2, 0.25) is 0 Å². The molecule has 0 radical (unpaired) electrons. The van der Waals surface area contributed by atoms with Crippen molar-refractivity contribution in [2.75, 3.05) is 5.43 Å². The molecular formula is C18H16FN5S. The van der Waals surface area contributed by atoms with Crippen LogP contribution in [0.3, 0.4) is 0 Å². The molecule has 0 fully saturated rings. The zero-order valence-corrected chi connectivity index (χ0v) is 14.6.